The largest absolute Gasteiger partial charge is 0.452 e. The molecule has 0 aliphatic carbocycles. The van der Waals surface area contributed by atoms with E-state index < -0.39 is 0 Å². The highest BCUT2D eigenvalue weighted by molar-refractivity contribution is 6.30. The fourth-order valence-corrected chi connectivity index (χ4v) is 1.21. The molecule has 0 aliphatic heterocycles. The Morgan fingerprint density at radius 2 is 2.07 bits per heavy atom. The number of halogens is 1. The minimum absolute atomic E-state index is 0.0808. The van der Waals surface area contributed by atoms with Gasteiger partial charge in [-0.15, -0.1) is 0 Å². The second kappa shape index (κ2) is 3.70. The van der Waals surface area contributed by atoms with Crippen molar-refractivity contribution >= 4 is 23.4 Å². The van der Waals surface area contributed by atoms with Gasteiger partial charge in [0.1, 0.15) is 0 Å². The van der Waals surface area contributed by atoms with E-state index in [-0.39, 0.29) is 11.8 Å². The number of nitrogens with zero attached hydrogens (tertiary/aromatic N) is 2. The minimum Gasteiger partial charge on any atom is -0.362 e. The number of nitrogens with two attached hydrogens (primary N) is 1. The van der Waals surface area contributed by atoms with Crippen molar-refractivity contribution in [1.82, 2.24) is 5.27 Å². The monoisotopic (exact) mass is 224 g/mol. The van der Waals surface area contributed by atoms with Crippen LogP contribution in [-0.4, -0.2) is 11.2 Å². The number of nitrogen functional groups attached to an aromatic ring is 1. The van der Waals surface area contributed by atoms with E-state index in [0.29, 0.717) is 10.6 Å². The van der Waals surface area contributed by atoms with Crippen LogP contribution in [0, 0.1) is 0 Å². The van der Waals surface area contributed by atoms with Crippen LogP contribution in [0.2, 0.25) is 5.02 Å². The molecule has 2 N–H and O–H groups in total. The lowest BCUT2D eigenvalue weighted by Crippen LogP contribution is -2.43. The average Bonchev–Trinajstić information content (AvgIpc) is 2.65. The summed E-state index contributed by atoms with van der Waals surface area (Å²) in [6, 6.07) is 6.45. The number of hydrogen-bond acceptors (Lipinski definition) is 4. The standard InChI is InChI=1S/C9H7ClN3O2/c10-7-3-1-6(2-4-7)9(14)13-5-8(11)15-12-13/h1-5H,11H2/q+1. The van der Waals surface area contributed by atoms with Gasteiger partial charge in [0, 0.05) is 9.70 Å². The summed E-state index contributed by atoms with van der Waals surface area (Å²) in [5.41, 5.74) is 5.75. The smallest absolute Gasteiger partial charge is 0.362 e. The first-order valence-corrected chi connectivity index (χ1v) is 4.49. The van der Waals surface area contributed by atoms with Crippen LogP contribution < -0.4 is 10.4 Å². The van der Waals surface area contributed by atoms with Crippen molar-refractivity contribution in [2.24, 2.45) is 0 Å². The lowest BCUT2D eigenvalue weighted by atomic mass is 10.2. The lowest BCUT2D eigenvalue weighted by Gasteiger charge is -1.90. The summed E-state index contributed by atoms with van der Waals surface area (Å²) >= 11 is 5.69. The van der Waals surface area contributed by atoms with Crippen LogP contribution in [0.15, 0.2) is 35.0 Å². The van der Waals surface area contributed by atoms with Crippen molar-refractivity contribution in [2.75, 3.05) is 5.73 Å². The highest BCUT2D eigenvalue weighted by Gasteiger charge is 2.22. The Labute approximate surface area is 90.0 Å². The Kier molecular flexibility index (Phi) is 2.39. The van der Waals surface area contributed by atoms with E-state index in [0.717, 1.165) is 4.68 Å². The zero-order valence-electron chi connectivity index (χ0n) is 7.55. The molecule has 15 heavy (non-hydrogen) atoms. The Balaban J connectivity index is 2.32. The number of rotatable bonds is 1. The quantitative estimate of drug-likeness (QED) is 0.730. The molecule has 1 heterocycles. The predicted molar refractivity (Wildman–Crippen MR) is 52.3 cm³/mol. The van der Waals surface area contributed by atoms with E-state index in [9.17, 15) is 4.79 Å². The van der Waals surface area contributed by atoms with Crippen LogP contribution in [0.5, 0.6) is 0 Å². The molecule has 0 amide bonds. The molecule has 0 aliphatic rings. The van der Waals surface area contributed by atoms with Crippen LogP contribution in [0.3, 0.4) is 0 Å². The van der Waals surface area contributed by atoms with E-state index >= 15 is 0 Å². The second-order valence-corrected chi connectivity index (χ2v) is 3.30. The molecular weight excluding hydrogens is 218 g/mol. The summed E-state index contributed by atoms with van der Waals surface area (Å²) in [6.07, 6.45) is 1.30. The molecule has 0 atom stereocenters. The Morgan fingerprint density at radius 1 is 1.40 bits per heavy atom. The third kappa shape index (κ3) is 1.97. The third-order valence-electron chi connectivity index (χ3n) is 1.78. The summed E-state index contributed by atoms with van der Waals surface area (Å²) in [4.78, 5) is 11.7. The SMILES string of the molecule is Nc1c[n+](C(=O)c2ccc(Cl)cc2)no1. The van der Waals surface area contributed by atoms with Crippen molar-refractivity contribution in [1.29, 1.82) is 0 Å². The maximum absolute atomic E-state index is 11.7. The summed E-state index contributed by atoms with van der Waals surface area (Å²) in [7, 11) is 0. The number of aromatic nitrogens is 2. The van der Waals surface area contributed by atoms with Crippen LogP contribution in [0.25, 0.3) is 0 Å². The van der Waals surface area contributed by atoms with E-state index in [1.807, 2.05) is 0 Å². The summed E-state index contributed by atoms with van der Waals surface area (Å²) in [6.45, 7) is 0. The van der Waals surface area contributed by atoms with Gasteiger partial charge in [-0.3, -0.25) is 4.52 Å². The van der Waals surface area contributed by atoms with E-state index in [2.05, 4.69) is 9.79 Å². The van der Waals surface area contributed by atoms with Gasteiger partial charge in [0.05, 0.1) is 5.56 Å². The second-order valence-electron chi connectivity index (χ2n) is 2.86. The Morgan fingerprint density at radius 3 is 2.60 bits per heavy atom. The van der Waals surface area contributed by atoms with Gasteiger partial charge in [-0.25, -0.2) is 4.79 Å². The zero-order valence-corrected chi connectivity index (χ0v) is 8.31. The number of carbonyl (C=O) groups is 1. The van der Waals surface area contributed by atoms with Crippen molar-refractivity contribution < 1.29 is 14.0 Å². The normalized spacial score (nSPS) is 10.2. The van der Waals surface area contributed by atoms with Crippen molar-refractivity contribution in [3.63, 3.8) is 0 Å². The molecular formula is C9H7ClN3O2+. The minimum atomic E-state index is -0.327. The number of carbonyl (C=O) groups excluding carboxylic acids is 1. The molecule has 0 spiro atoms. The van der Waals surface area contributed by atoms with Gasteiger partial charge in [0.15, 0.2) is 0 Å². The van der Waals surface area contributed by atoms with Crippen LogP contribution in [0.1, 0.15) is 10.4 Å². The van der Waals surface area contributed by atoms with Crippen molar-refractivity contribution in [3.05, 3.63) is 41.0 Å². The van der Waals surface area contributed by atoms with E-state index in [4.69, 9.17) is 17.3 Å². The van der Waals surface area contributed by atoms with Gasteiger partial charge in [0.2, 0.25) is 5.27 Å². The summed E-state index contributed by atoms with van der Waals surface area (Å²) < 4.78 is 5.60. The molecule has 0 fully saturated rings. The highest BCUT2D eigenvalue weighted by atomic mass is 35.5. The number of hydrogen-bond donors (Lipinski definition) is 1. The first kappa shape index (κ1) is 9.67. The predicted octanol–water partition coefficient (Wildman–Crippen LogP) is 0.886. The fourth-order valence-electron chi connectivity index (χ4n) is 1.08. The topological polar surface area (TPSA) is 73.0 Å². The Hall–Kier alpha value is -1.88. The maximum atomic E-state index is 11.7. The molecule has 0 unspecified atom stereocenters. The van der Waals surface area contributed by atoms with E-state index in [1.54, 1.807) is 24.3 Å². The third-order valence-corrected chi connectivity index (χ3v) is 2.03. The summed E-state index contributed by atoms with van der Waals surface area (Å²) in [5.74, 6) is -0.246. The van der Waals surface area contributed by atoms with Gasteiger partial charge in [0.25, 0.3) is 12.1 Å². The van der Waals surface area contributed by atoms with E-state index in [1.165, 1.54) is 6.20 Å². The van der Waals surface area contributed by atoms with Crippen molar-refractivity contribution in [3.8, 4) is 0 Å². The highest BCUT2D eigenvalue weighted by Crippen LogP contribution is 2.09. The van der Waals surface area contributed by atoms with Gasteiger partial charge in [-0.05, 0) is 24.3 Å². The van der Waals surface area contributed by atoms with Crippen LogP contribution >= 0.6 is 11.6 Å². The molecule has 76 valence electrons. The molecule has 2 aromatic rings. The van der Waals surface area contributed by atoms with Crippen LogP contribution in [-0.2, 0) is 0 Å². The molecule has 1 aromatic heterocycles. The van der Waals surface area contributed by atoms with Crippen LogP contribution in [0.4, 0.5) is 5.88 Å². The molecule has 2 rings (SSSR count). The Bertz CT molecular complexity index is 492. The molecule has 0 bridgehead atoms. The molecule has 6 heteroatoms. The molecule has 0 saturated heterocycles. The average molecular weight is 225 g/mol. The lowest BCUT2D eigenvalue weighted by molar-refractivity contribution is -0.645. The first-order chi connectivity index (χ1) is 7.16. The fraction of sp³-hybridized carbons (Fsp3) is 0. The van der Waals surface area contributed by atoms with Gasteiger partial charge >= 0.3 is 5.91 Å². The zero-order chi connectivity index (χ0) is 10.8. The number of anilines is 1. The molecule has 0 radical (unpaired) electrons. The molecule has 1 aromatic carbocycles. The molecule has 5 nitrogen and oxygen atoms in total. The maximum Gasteiger partial charge on any atom is 0.452 e. The van der Waals surface area contributed by atoms with Gasteiger partial charge in [-0.2, -0.15) is 0 Å². The van der Waals surface area contributed by atoms with Gasteiger partial charge in [-0.1, -0.05) is 11.6 Å². The van der Waals surface area contributed by atoms with Crippen molar-refractivity contribution in [2.45, 2.75) is 0 Å². The summed E-state index contributed by atoms with van der Waals surface area (Å²) in [5, 5.41) is 4.01. The number of benzene rings is 1. The van der Waals surface area contributed by atoms with Gasteiger partial charge < -0.3 is 5.73 Å². The molecule has 0 saturated carbocycles. The first-order valence-electron chi connectivity index (χ1n) is 4.11.